The molecule has 0 aliphatic carbocycles. The summed E-state index contributed by atoms with van der Waals surface area (Å²) in [5.74, 6) is 2.57. The lowest BCUT2D eigenvalue weighted by Crippen LogP contribution is -2.28. The molecule has 1 aromatic carbocycles. The van der Waals surface area contributed by atoms with Gasteiger partial charge in [0.2, 0.25) is 0 Å². The van der Waals surface area contributed by atoms with E-state index in [1.807, 2.05) is 0 Å². The molecule has 0 atom stereocenters. The maximum atomic E-state index is 12.3. The van der Waals surface area contributed by atoms with E-state index in [-0.39, 0.29) is 30.2 Å². The third-order valence-electron chi connectivity index (χ3n) is 3.46. The van der Waals surface area contributed by atoms with Gasteiger partial charge in [-0.2, -0.15) is 5.10 Å². The number of nitrogens with one attached hydrogen (secondary N) is 1. The van der Waals surface area contributed by atoms with Crippen molar-refractivity contribution >= 4 is 16.7 Å². The Balaban J connectivity index is 1.94. The van der Waals surface area contributed by atoms with Gasteiger partial charge in [0, 0.05) is 11.5 Å². The molecule has 0 bridgehead atoms. The molecule has 0 aliphatic rings. The van der Waals surface area contributed by atoms with Crippen molar-refractivity contribution in [2.24, 2.45) is 0 Å². The predicted molar refractivity (Wildman–Crippen MR) is 87.2 cm³/mol. The van der Waals surface area contributed by atoms with Crippen molar-refractivity contribution in [3.05, 3.63) is 57.8 Å². The van der Waals surface area contributed by atoms with Crippen LogP contribution in [0.15, 0.2) is 39.6 Å². The fourth-order valence-electron chi connectivity index (χ4n) is 2.36. The number of nitrogens with zero attached hydrogens (tertiary/aromatic N) is 3. The number of terminal acetylenes is 1. The van der Waals surface area contributed by atoms with E-state index >= 15 is 0 Å². The molecule has 2 aromatic heterocycles. The highest BCUT2D eigenvalue weighted by Crippen LogP contribution is 2.13. The standard InChI is InChI=1S/C17H14N4O3/c1-3-8-21-17(23)13-7-5-4-6-12(13)15(19-21)10-18-16(22)14-9-11(2)24-20-14/h1,4-7,9H,8,10H2,2H3,(H,18,22). The van der Waals surface area contributed by atoms with Gasteiger partial charge in [-0.1, -0.05) is 29.3 Å². The van der Waals surface area contributed by atoms with E-state index in [2.05, 4.69) is 21.5 Å². The number of carbonyl (C=O) groups is 1. The van der Waals surface area contributed by atoms with E-state index in [1.54, 1.807) is 37.3 Å². The molecule has 2 heterocycles. The third-order valence-corrected chi connectivity index (χ3v) is 3.46. The van der Waals surface area contributed by atoms with Crippen LogP contribution in [0.5, 0.6) is 0 Å². The average molecular weight is 322 g/mol. The first kappa shape index (κ1) is 15.5. The molecule has 1 amide bonds. The normalized spacial score (nSPS) is 10.5. The minimum Gasteiger partial charge on any atom is -0.361 e. The molecule has 0 unspecified atom stereocenters. The van der Waals surface area contributed by atoms with Crippen molar-refractivity contribution in [1.82, 2.24) is 20.3 Å². The SMILES string of the molecule is C#CCn1nc(CNC(=O)c2cc(C)on2)c2ccccc2c1=O. The average Bonchev–Trinajstić information content (AvgIpc) is 3.03. The first-order valence-corrected chi connectivity index (χ1v) is 7.24. The number of benzene rings is 1. The van der Waals surface area contributed by atoms with Crippen molar-refractivity contribution in [2.45, 2.75) is 20.0 Å². The van der Waals surface area contributed by atoms with E-state index < -0.39 is 0 Å². The Morgan fingerprint density at radius 1 is 1.38 bits per heavy atom. The van der Waals surface area contributed by atoms with E-state index in [9.17, 15) is 9.59 Å². The summed E-state index contributed by atoms with van der Waals surface area (Å²) in [6.07, 6.45) is 5.29. The maximum Gasteiger partial charge on any atom is 0.275 e. The summed E-state index contributed by atoms with van der Waals surface area (Å²) >= 11 is 0. The van der Waals surface area contributed by atoms with Gasteiger partial charge in [0.05, 0.1) is 17.6 Å². The smallest absolute Gasteiger partial charge is 0.275 e. The van der Waals surface area contributed by atoms with Crippen LogP contribution in [0.2, 0.25) is 0 Å². The Hall–Kier alpha value is -3.40. The maximum absolute atomic E-state index is 12.3. The summed E-state index contributed by atoms with van der Waals surface area (Å²) in [5, 5.41) is 11.8. The van der Waals surface area contributed by atoms with Gasteiger partial charge >= 0.3 is 0 Å². The molecule has 24 heavy (non-hydrogen) atoms. The number of aryl methyl sites for hydroxylation is 1. The van der Waals surface area contributed by atoms with Gasteiger partial charge in [0.25, 0.3) is 11.5 Å². The number of rotatable bonds is 4. The zero-order valence-corrected chi connectivity index (χ0v) is 12.9. The minimum absolute atomic E-state index is 0.0626. The summed E-state index contributed by atoms with van der Waals surface area (Å²) in [5.41, 5.74) is 0.480. The van der Waals surface area contributed by atoms with E-state index in [1.165, 1.54) is 4.68 Å². The lowest BCUT2D eigenvalue weighted by molar-refractivity contribution is 0.0941. The van der Waals surface area contributed by atoms with E-state index in [0.717, 1.165) is 0 Å². The van der Waals surface area contributed by atoms with Gasteiger partial charge in [0.15, 0.2) is 5.69 Å². The molecule has 7 nitrogen and oxygen atoms in total. The summed E-state index contributed by atoms with van der Waals surface area (Å²) in [7, 11) is 0. The largest absolute Gasteiger partial charge is 0.361 e. The zero-order chi connectivity index (χ0) is 17.1. The van der Waals surface area contributed by atoms with Crippen molar-refractivity contribution in [3.8, 4) is 12.3 Å². The van der Waals surface area contributed by atoms with E-state index in [0.29, 0.717) is 22.2 Å². The molecule has 0 fully saturated rings. The molecule has 0 saturated carbocycles. The Kier molecular flexibility index (Phi) is 4.12. The number of hydrogen-bond donors (Lipinski definition) is 1. The third kappa shape index (κ3) is 2.90. The van der Waals surface area contributed by atoms with Crippen molar-refractivity contribution < 1.29 is 9.32 Å². The fourth-order valence-corrected chi connectivity index (χ4v) is 2.36. The van der Waals surface area contributed by atoms with Crippen LogP contribution in [0.3, 0.4) is 0 Å². The number of fused-ring (bicyclic) bond motifs is 1. The Morgan fingerprint density at radius 3 is 2.79 bits per heavy atom. The van der Waals surface area contributed by atoms with Gasteiger partial charge in [-0.3, -0.25) is 9.59 Å². The van der Waals surface area contributed by atoms with Gasteiger partial charge in [0.1, 0.15) is 12.3 Å². The minimum atomic E-state index is -0.382. The first-order chi connectivity index (χ1) is 11.6. The number of aromatic nitrogens is 3. The van der Waals surface area contributed by atoms with Gasteiger partial charge in [-0.25, -0.2) is 4.68 Å². The van der Waals surface area contributed by atoms with Gasteiger partial charge in [-0.05, 0) is 13.0 Å². The van der Waals surface area contributed by atoms with Crippen LogP contribution in [0.1, 0.15) is 21.9 Å². The summed E-state index contributed by atoms with van der Waals surface area (Å²) in [6, 6.07) is 8.61. The first-order valence-electron chi connectivity index (χ1n) is 7.24. The van der Waals surface area contributed by atoms with Crippen molar-refractivity contribution in [3.63, 3.8) is 0 Å². The lowest BCUT2D eigenvalue weighted by Gasteiger charge is -2.09. The molecular weight excluding hydrogens is 308 g/mol. The second-order valence-corrected chi connectivity index (χ2v) is 5.16. The van der Waals surface area contributed by atoms with Gasteiger partial charge in [-0.15, -0.1) is 6.42 Å². The van der Waals surface area contributed by atoms with Crippen LogP contribution in [-0.2, 0) is 13.1 Å². The second kappa shape index (κ2) is 6.38. The van der Waals surface area contributed by atoms with Crippen LogP contribution in [0, 0.1) is 19.3 Å². The van der Waals surface area contributed by atoms with Gasteiger partial charge < -0.3 is 9.84 Å². The number of hydrogen-bond acceptors (Lipinski definition) is 5. The quantitative estimate of drug-likeness (QED) is 0.730. The monoisotopic (exact) mass is 322 g/mol. The number of carbonyl (C=O) groups excluding carboxylic acids is 1. The zero-order valence-electron chi connectivity index (χ0n) is 12.9. The highest BCUT2D eigenvalue weighted by molar-refractivity contribution is 5.92. The molecule has 3 rings (SSSR count). The Labute approximate surface area is 137 Å². The van der Waals surface area contributed by atoms with Crippen LogP contribution >= 0.6 is 0 Å². The predicted octanol–water partition coefficient (Wildman–Crippen LogP) is 1.26. The Bertz CT molecular complexity index is 1010. The lowest BCUT2D eigenvalue weighted by atomic mass is 10.1. The molecular formula is C17H14N4O3. The summed E-state index contributed by atoms with van der Waals surface area (Å²) in [4.78, 5) is 24.4. The molecule has 0 saturated heterocycles. The van der Waals surface area contributed by atoms with Crippen molar-refractivity contribution in [1.29, 1.82) is 0 Å². The van der Waals surface area contributed by atoms with Crippen LogP contribution in [0.4, 0.5) is 0 Å². The molecule has 0 radical (unpaired) electrons. The Morgan fingerprint density at radius 2 is 2.12 bits per heavy atom. The molecule has 0 spiro atoms. The fraction of sp³-hybridized carbons (Fsp3) is 0.176. The molecule has 120 valence electrons. The second-order valence-electron chi connectivity index (χ2n) is 5.16. The highest BCUT2D eigenvalue weighted by atomic mass is 16.5. The topological polar surface area (TPSA) is 90.0 Å². The van der Waals surface area contributed by atoms with Crippen LogP contribution in [-0.4, -0.2) is 20.8 Å². The number of amides is 1. The summed E-state index contributed by atoms with van der Waals surface area (Å²) < 4.78 is 6.09. The molecule has 3 aromatic rings. The van der Waals surface area contributed by atoms with Crippen LogP contribution < -0.4 is 10.9 Å². The molecule has 1 N–H and O–H groups in total. The summed E-state index contributed by atoms with van der Waals surface area (Å²) in [6.45, 7) is 1.90. The molecule has 0 aliphatic heterocycles. The molecule has 7 heteroatoms. The van der Waals surface area contributed by atoms with Crippen molar-refractivity contribution in [2.75, 3.05) is 0 Å². The highest BCUT2D eigenvalue weighted by Gasteiger charge is 2.14. The van der Waals surface area contributed by atoms with E-state index in [4.69, 9.17) is 10.9 Å². The van der Waals surface area contributed by atoms with Crippen LogP contribution in [0.25, 0.3) is 10.8 Å².